The molecule has 1 atom stereocenters. The predicted molar refractivity (Wildman–Crippen MR) is 76.8 cm³/mol. The maximum atomic E-state index is 12.1. The summed E-state index contributed by atoms with van der Waals surface area (Å²) in [6.07, 6.45) is 0. The van der Waals surface area contributed by atoms with Gasteiger partial charge in [-0.2, -0.15) is 0 Å². The number of aliphatic carboxylic acids is 1. The van der Waals surface area contributed by atoms with Crippen LogP contribution >= 0.6 is 0 Å². The van der Waals surface area contributed by atoms with Crippen LogP contribution in [0, 0.1) is 11.3 Å². The Balaban J connectivity index is 2.71. The molecule has 5 nitrogen and oxygen atoms in total. The standard InChI is InChI=1S/C15H21NO4/c1-10(15(2,3)4)14(19)16-11-6-5-7-12(8-11)20-9-13(17)18/h5-8,10H,9H2,1-4H3,(H,16,19)(H,17,18). The van der Waals surface area contributed by atoms with Gasteiger partial charge in [-0.25, -0.2) is 4.79 Å². The predicted octanol–water partition coefficient (Wildman–Crippen LogP) is 2.77. The van der Waals surface area contributed by atoms with Crippen molar-refractivity contribution >= 4 is 17.6 Å². The minimum absolute atomic E-state index is 0.0760. The second kappa shape index (κ2) is 6.41. The van der Waals surface area contributed by atoms with Crippen LogP contribution in [-0.2, 0) is 9.59 Å². The largest absolute Gasteiger partial charge is 0.482 e. The summed E-state index contributed by atoms with van der Waals surface area (Å²) in [6.45, 7) is 7.48. The van der Waals surface area contributed by atoms with Gasteiger partial charge in [-0.3, -0.25) is 4.79 Å². The first-order valence-electron chi connectivity index (χ1n) is 6.45. The maximum absolute atomic E-state index is 12.1. The van der Waals surface area contributed by atoms with E-state index in [1.807, 2.05) is 27.7 Å². The molecule has 0 aliphatic rings. The van der Waals surface area contributed by atoms with Gasteiger partial charge >= 0.3 is 5.97 Å². The zero-order valence-electron chi connectivity index (χ0n) is 12.3. The number of benzene rings is 1. The normalized spacial score (nSPS) is 12.6. The summed E-state index contributed by atoms with van der Waals surface area (Å²) in [5.74, 6) is -0.853. The summed E-state index contributed by atoms with van der Waals surface area (Å²) in [4.78, 5) is 22.5. The van der Waals surface area contributed by atoms with Crippen LogP contribution in [0.2, 0.25) is 0 Å². The van der Waals surface area contributed by atoms with Gasteiger partial charge in [0.05, 0.1) is 0 Å². The lowest BCUT2D eigenvalue weighted by Crippen LogP contribution is -2.30. The lowest BCUT2D eigenvalue weighted by molar-refractivity contribution is -0.139. The second-order valence-electron chi connectivity index (χ2n) is 5.79. The Hall–Kier alpha value is -2.04. The number of carboxylic acids is 1. The van der Waals surface area contributed by atoms with Gasteiger partial charge in [0.1, 0.15) is 5.75 Å². The summed E-state index contributed by atoms with van der Waals surface area (Å²) >= 11 is 0. The van der Waals surface area contributed by atoms with E-state index in [1.165, 1.54) is 0 Å². The topological polar surface area (TPSA) is 75.6 Å². The molecule has 0 bridgehead atoms. The summed E-state index contributed by atoms with van der Waals surface area (Å²) in [6, 6.07) is 6.69. The molecular weight excluding hydrogens is 258 g/mol. The van der Waals surface area contributed by atoms with E-state index in [0.717, 1.165) is 0 Å². The van der Waals surface area contributed by atoms with Gasteiger partial charge in [0, 0.05) is 17.7 Å². The van der Waals surface area contributed by atoms with Gasteiger partial charge in [0.2, 0.25) is 5.91 Å². The number of ether oxygens (including phenoxy) is 1. The minimum atomic E-state index is -1.04. The van der Waals surface area contributed by atoms with Crippen LogP contribution in [-0.4, -0.2) is 23.6 Å². The zero-order chi connectivity index (χ0) is 15.3. The van der Waals surface area contributed by atoms with E-state index in [9.17, 15) is 9.59 Å². The number of carbonyl (C=O) groups excluding carboxylic acids is 1. The highest BCUT2D eigenvalue weighted by Crippen LogP contribution is 2.27. The fourth-order valence-electron chi connectivity index (χ4n) is 1.45. The highest BCUT2D eigenvalue weighted by molar-refractivity contribution is 5.92. The van der Waals surface area contributed by atoms with E-state index in [0.29, 0.717) is 11.4 Å². The Morgan fingerprint density at radius 2 is 2.00 bits per heavy atom. The van der Waals surface area contributed by atoms with Gasteiger partial charge in [-0.05, 0) is 17.5 Å². The molecular formula is C15H21NO4. The highest BCUT2D eigenvalue weighted by Gasteiger charge is 2.26. The van der Waals surface area contributed by atoms with Crippen molar-refractivity contribution in [2.24, 2.45) is 11.3 Å². The van der Waals surface area contributed by atoms with Crippen molar-refractivity contribution in [3.8, 4) is 5.75 Å². The van der Waals surface area contributed by atoms with Gasteiger partial charge in [0.15, 0.2) is 6.61 Å². The molecule has 1 aromatic carbocycles. The number of nitrogens with one attached hydrogen (secondary N) is 1. The molecule has 0 radical (unpaired) electrons. The van der Waals surface area contributed by atoms with Crippen molar-refractivity contribution in [1.29, 1.82) is 0 Å². The number of hydrogen-bond acceptors (Lipinski definition) is 3. The SMILES string of the molecule is CC(C(=O)Nc1cccc(OCC(=O)O)c1)C(C)(C)C. The molecule has 20 heavy (non-hydrogen) atoms. The molecule has 0 saturated carbocycles. The molecule has 0 aliphatic heterocycles. The molecule has 0 saturated heterocycles. The van der Waals surface area contributed by atoms with Crippen molar-refractivity contribution < 1.29 is 19.4 Å². The Bertz CT molecular complexity index is 491. The third-order valence-corrected chi connectivity index (χ3v) is 3.16. The number of anilines is 1. The number of hydrogen-bond donors (Lipinski definition) is 2. The van der Waals surface area contributed by atoms with Crippen molar-refractivity contribution in [2.75, 3.05) is 11.9 Å². The molecule has 5 heteroatoms. The molecule has 0 fully saturated rings. The maximum Gasteiger partial charge on any atom is 0.341 e. The van der Waals surface area contributed by atoms with Crippen molar-refractivity contribution in [2.45, 2.75) is 27.7 Å². The van der Waals surface area contributed by atoms with E-state index >= 15 is 0 Å². The van der Waals surface area contributed by atoms with Crippen LogP contribution in [0.4, 0.5) is 5.69 Å². The van der Waals surface area contributed by atoms with Gasteiger partial charge in [0.25, 0.3) is 0 Å². The Kier molecular flexibility index (Phi) is 5.13. The summed E-state index contributed by atoms with van der Waals surface area (Å²) in [5.41, 5.74) is 0.468. The monoisotopic (exact) mass is 279 g/mol. The van der Waals surface area contributed by atoms with E-state index in [4.69, 9.17) is 9.84 Å². The average Bonchev–Trinajstić information content (AvgIpc) is 2.34. The number of carbonyl (C=O) groups is 2. The molecule has 1 aromatic rings. The first-order valence-corrected chi connectivity index (χ1v) is 6.45. The lowest BCUT2D eigenvalue weighted by Gasteiger charge is -2.26. The summed E-state index contributed by atoms with van der Waals surface area (Å²) in [5, 5.41) is 11.4. The third-order valence-electron chi connectivity index (χ3n) is 3.16. The summed E-state index contributed by atoms with van der Waals surface area (Å²) in [7, 11) is 0. The van der Waals surface area contributed by atoms with Crippen LogP contribution in [0.1, 0.15) is 27.7 Å². The minimum Gasteiger partial charge on any atom is -0.482 e. The Morgan fingerprint density at radius 3 is 2.55 bits per heavy atom. The molecule has 1 unspecified atom stereocenters. The fraction of sp³-hybridized carbons (Fsp3) is 0.467. The molecule has 0 aliphatic carbocycles. The second-order valence-corrected chi connectivity index (χ2v) is 5.79. The van der Waals surface area contributed by atoms with Crippen LogP contribution < -0.4 is 10.1 Å². The van der Waals surface area contributed by atoms with E-state index in [1.54, 1.807) is 24.3 Å². The van der Waals surface area contributed by atoms with E-state index < -0.39 is 12.6 Å². The molecule has 0 aromatic heterocycles. The van der Waals surface area contributed by atoms with Crippen LogP contribution in [0.15, 0.2) is 24.3 Å². The van der Waals surface area contributed by atoms with Crippen molar-refractivity contribution in [3.63, 3.8) is 0 Å². The van der Waals surface area contributed by atoms with Crippen molar-refractivity contribution in [1.82, 2.24) is 0 Å². The molecule has 110 valence electrons. The third kappa shape index (κ3) is 4.91. The van der Waals surface area contributed by atoms with Gasteiger partial charge in [-0.1, -0.05) is 33.8 Å². The molecule has 0 heterocycles. The van der Waals surface area contributed by atoms with Crippen LogP contribution in [0.25, 0.3) is 0 Å². The van der Waals surface area contributed by atoms with Crippen LogP contribution in [0.3, 0.4) is 0 Å². The van der Waals surface area contributed by atoms with Gasteiger partial charge in [-0.15, -0.1) is 0 Å². The Labute approximate surface area is 118 Å². The van der Waals surface area contributed by atoms with Gasteiger partial charge < -0.3 is 15.2 Å². The highest BCUT2D eigenvalue weighted by atomic mass is 16.5. The smallest absolute Gasteiger partial charge is 0.341 e. The molecule has 1 amide bonds. The van der Waals surface area contributed by atoms with Crippen molar-refractivity contribution in [3.05, 3.63) is 24.3 Å². The fourth-order valence-corrected chi connectivity index (χ4v) is 1.45. The molecule has 2 N–H and O–H groups in total. The average molecular weight is 279 g/mol. The first-order chi connectivity index (χ1) is 9.20. The molecule has 1 rings (SSSR count). The quantitative estimate of drug-likeness (QED) is 0.869. The molecule has 0 spiro atoms. The van der Waals surface area contributed by atoms with E-state index in [2.05, 4.69) is 5.32 Å². The van der Waals surface area contributed by atoms with Crippen LogP contribution in [0.5, 0.6) is 5.75 Å². The zero-order valence-corrected chi connectivity index (χ0v) is 12.3. The first kappa shape index (κ1) is 16.0. The Morgan fingerprint density at radius 1 is 1.35 bits per heavy atom. The number of carboxylic acid groups (broad SMARTS) is 1. The van der Waals surface area contributed by atoms with E-state index in [-0.39, 0.29) is 17.2 Å². The number of rotatable bonds is 5. The number of amides is 1. The lowest BCUT2D eigenvalue weighted by atomic mass is 9.81. The summed E-state index contributed by atoms with van der Waals surface area (Å²) < 4.78 is 5.07.